The summed E-state index contributed by atoms with van der Waals surface area (Å²) in [5, 5.41) is 0. The van der Waals surface area contributed by atoms with E-state index in [0.717, 1.165) is 0 Å². The highest BCUT2D eigenvalue weighted by Crippen LogP contribution is 2.59. The van der Waals surface area contributed by atoms with Crippen molar-refractivity contribution >= 4 is 0 Å². The predicted molar refractivity (Wildman–Crippen MR) is 528 cm³/mol. The van der Waals surface area contributed by atoms with Gasteiger partial charge in [0.25, 0.3) is 0 Å². The summed E-state index contributed by atoms with van der Waals surface area (Å²) >= 11 is 0. The van der Waals surface area contributed by atoms with Gasteiger partial charge in [-0.25, -0.2) is 0 Å². The Hall–Kier alpha value is 0. The zero-order chi connectivity index (χ0) is 82.0. The summed E-state index contributed by atoms with van der Waals surface area (Å²) in [6.45, 7) is 14.1. The van der Waals surface area contributed by atoms with Crippen molar-refractivity contribution in [3.8, 4) is 0 Å². The Kier molecular flexibility index (Phi) is 102. The van der Waals surface area contributed by atoms with Crippen molar-refractivity contribution in [1.29, 1.82) is 0 Å². The van der Waals surface area contributed by atoms with Gasteiger partial charge in [0.15, 0.2) is 0 Å². The van der Waals surface area contributed by atoms with Gasteiger partial charge in [0, 0.05) is 0 Å². The molecule has 0 nitrogen and oxygen atoms in total. The quantitative estimate of drug-likeness (QED) is 0.0533. The molecule has 2 unspecified atom stereocenters. The first kappa shape index (κ1) is 114. The monoisotopic (exact) mass is 1600 g/mol. The fraction of sp³-hybridized carbons (Fsp3) is 1.00. The van der Waals surface area contributed by atoms with Gasteiger partial charge in [0.2, 0.25) is 0 Å². The Morgan fingerprint density at radius 3 is 0.184 bits per heavy atom. The van der Waals surface area contributed by atoms with Crippen LogP contribution in [0.3, 0.4) is 0 Å². The Bertz CT molecular complexity index is 1610. The molecule has 0 spiro atoms. The largest absolute Gasteiger partial charge is 0.0654 e. The van der Waals surface area contributed by atoms with Gasteiger partial charge < -0.3 is 0 Å². The van der Waals surface area contributed by atoms with Crippen molar-refractivity contribution in [2.24, 2.45) is 10.8 Å². The summed E-state index contributed by atoms with van der Waals surface area (Å²) in [4.78, 5) is 0. The van der Waals surface area contributed by atoms with Crippen molar-refractivity contribution in [2.45, 2.75) is 722 Å². The van der Waals surface area contributed by atoms with E-state index in [9.17, 15) is 0 Å². The lowest BCUT2D eigenvalue weighted by atomic mass is 9.51. The maximum atomic E-state index is 2.38. The van der Waals surface area contributed by atoms with E-state index in [1.165, 1.54) is 642 Å². The molecule has 0 radical (unpaired) electrons. The molecule has 686 valence electrons. The van der Waals surface area contributed by atoms with Crippen molar-refractivity contribution in [3.63, 3.8) is 0 Å². The minimum Gasteiger partial charge on any atom is -0.0654 e. The summed E-state index contributed by atoms with van der Waals surface area (Å²) in [7, 11) is 0. The van der Waals surface area contributed by atoms with E-state index < -0.39 is 0 Å². The van der Waals surface area contributed by atoms with E-state index in [4.69, 9.17) is 0 Å². The van der Waals surface area contributed by atoms with Gasteiger partial charge in [-0.1, -0.05) is 684 Å². The van der Waals surface area contributed by atoms with E-state index in [2.05, 4.69) is 41.5 Å². The van der Waals surface area contributed by atoms with Crippen LogP contribution in [0.2, 0.25) is 0 Å². The second-order valence-electron chi connectivity index (χ2n) is 40.3. The van der Waals surface area contributed by atoms with Crippen LogP contribution in [0.25, 0.3) is 0 Å². The molecule has 0 aliphatic heterocycles. The van der Waals surface area contributed by atoms with Crippen molar-refractivity contribution in [3.05, 3.63) is 0 Å². The second kappa shape index (κ2) is 102. The number of unbranched alkanes of at least 4 members (excludes halogenated alkanes) is 94. The van der Waals surface area contributed by atoms with Gasteiger partial charge in [-0.2, -0.15) is 0 Å². The van der Waals surface area contributed by atoms with Crippen LogP contribution in [-0.2, 0) is 0 Å². The molecule has 0 aromatic rings. The van der Waals surface area contributed by atoms with Crippen LogP contribution in [0.4, 0.5) is 0 Å². The fourth-order valence-corrected chi connectivity index (χ4v) is 21.1. The lowest BCUT2D eigenvalue weighted by Gasteiger charge is -2.53. The van der Waals surface area contributed by atoms with E-state index in [1.807, 2.05) is 0 Å². The molecule has 0 aromatic heterocycles. The average molecular weight is 1600 g/mol. The molecule has 0 saturated carbocycles. The van der Waals surface area contributed by atoms with Gasteiger partial charge in [-0.05, 0) is 49.4 Å². The van der Waals surface area contributed by atoms with E-state index in [1.54, 1.807) is 38.5 Å². The van der Waals surface area contributed by atoms with Crippen LogP contribution in [0.5, 0.6) is 0 Å². The standard InChI is InChI=1S/C114H230/c1-7-13-19-25-31-37-43-49-54-58-61-63-66-70-75-81-87-93-99-104-109-113(107-101-95-89-83-77-48-42-36-30-24-18-12-6,108-102-96-90-84-78-72-53-47-41-35-29-23-17-11-5)114(110-103-97-91-85-79-73-68-57-52-46-40-34-28-22-16-10-4,111-105-98-92-86-80-74-69-65-60-56-51-45-39-33-27-21-15-9-3)112-106-100-94-88-82-76-71-67-64-62-59-55-50-44-38-32-26-20-14-8-2/h7-112H2,1-6H3. The van der Waals surface area contributed by atoms with Crippen LogP contribution in [0.15, 0.2) is 0 Å². The maximum Gasteiger partial charge on any atom is -0.0241 e. The number of hydrogen-bond donors (Lipinski definition) is 0. The molecule has 0 heterocycles. The molecule has 0 aromatic carbocycles. The van der Waals surface area contributed by atoms with Gasteiger partial charge in [0.05, 0.1) is 0 Å². The smallest absolute Gasteiger partial charge is 0.0241 e. The SMILES string of the molecule is CCCCCCCCCCCCCCCCCCCCCCC(CCCCCCCCCCCCCC)(CCCCCCCCCCCCCCCC)C(CCCCCCCCCCCCCCCCCC)(CCCCCCCCCCCCCCCCCCCC)CCCCCCCCCCCCCCCCCCCCCC. The molecule has 0 saturated heterocycles. The Morgan fingerprint density at radius 2 is 0.123 bits per heavy atom. The van der Waals surface area contributed by atoms with Crippen LogP contribution >= 0.6 is 0 Å². The molecule has 0 bridgehead atoms. The predicted octanol–water partition coefficient (Wildman–Crippen LogP) is 44.4. The molecule has 0 rings (SSSR count). The van der Waals surface area contributed by atoms with E-state index in [-0.39, 0.29) is 0 Å². The van der Waals surface area contributed by atoms with Crippen LogP contribution in [0, 0.1) is 10.8 Å². The van der Waals surface area contributed by atoms with Crippen molar-refractivity contribution in [1.82, 2.24) is 0 Å². The Balaban J connectivity index is 6.83. The summed E-state index contributed by atoms with van der Waals surface area (Å²) in [5.41, 5.74) is 1.07. The summed E-state index contributed by atoms with van der Waals surface area (Å²) in [6.07, 6.45) is 158. The normalized spacial score (nSPS) is 13.0. The first-order chi connectivity index (χ1) is 56.6. The molecule has 0 fully saturated rings. The van der Waals surface area contributed by atoms with E-state index in [0.29, 0.717) is 10.8 Å². The number of hydrogen-bond acceptors (Lipinski definition) is 0. The zero-order valence-electron chi connectivity index (χ0n) is 82.0. The second-order valence-corrected chi connectivity index (χ2v) is 40.3. The Labute approximate surface area is 728 Å². The Morgan fingerprint density at radius 1 is 0.0702 bits per heavy atom. The summed E-state index contributed by atoms with van der Waals surface area (Å²) in [6, 6.07) is 0. The van der Waals surface area contributed by atoms with Crippen LogP contribution < -0.4 is 0 Å². The minimum absolute atomic E-state index is 0.536. The van der Waals surface area contributed by atoms with Gasteiger partial charge in [-0.15, -0.1) is 0 Å². The van der Waals surface area contributed by atoms with Gasteiger partial charge >= 0.3 is 0 Å². The summed E-state index contributed by atoms with van der Waals surface area (Å²) in [5.74, 6) is 0. The van der Waals surface area contributed by atoms with Crippen molar-refractivity contribution in [2.75, 3.05) is 0 Å². The number of rotatable bonds is 107. The molecular formula is C114H230. The molecule has 114 heavy (non-hydrogen) atoms. The highest BCUT2D eigenvalue weighted by Gasteiger charge is 2.48. The van der Waals surface area contributed by atoms with Crippen LogP contribution in [0.1, 0.15) is 722 Å². The lowest BCUT2D eigenvalue weighted by Crippen LogP contribution is -2.43. The van der Waals surface area contributed by atoms with Gasteiger partial charge in [0.1, 0.15) is 0 Å². The first-order valence-corrected chi connectivity index (χ1v) is 56.6. The third-order valence-corrected chi connectivity index (χ3v) is 29.2. The first-order valence-electron chi connectivity index (χ1n) is 56.6. The van der Waals surface area contributed by atoms with E-state index >= 15 is 0 Å². The summed E-state index contributed by atoms with van der Waals surface area (Å²) < 4.78 is 0. The molecule has 0 heteroatoms. The fourth-order valence-electron chi connectivity index (χ4n) is 21.1. The maximum absolute atomic E-state index is 2.38. The van der Waals surface area contributed by atoms with Gasteiger partial charge in [-0.3, -0.25) is 0 Å². The average Bonchev–Trinajstić information content (AvgIpc) is 0.768. The third kappa shape index (κ3) is 85.6. The molecular weight excluding hydrogens is 1370 g/mol. The third-order valence-electron chi connectivity index (χ3n) is 29.2. The van der Waals surface area contributed by atoms with Crippen LogP contribution in [-0.4, -0.2) is 0 Å². The molecule has 0 aliphatic rings. The molecule has 2 atom stereocenters. The molecule has 0 aliphatic carbocycles. The topological polar surface area (TPSA) is 0 Å². The molecule has 0 N–H and O–H groups in total. The highest BCUT2D eigenvalue weighted by molar-refractivity contribution is 4.99. The zero-order valence-corrected chi connectivity index (χ0v) is 82.0. The minimum atomic E-state index is 0.536. The molecule has 0 amide bonds. The van der Waals surface area contributed by atoms with Crippen molar-refractivity contribution < 1.29 is 0 Å². The highest BCUT2D eigenvalue weighted by atomic mass is 14.5. The lowest BCUT2D eigenvalue weighted by molar-refractivity contribution is -0.0310.